The van der Waals surface area contributed by atoms with E-state index in [9.17, 15) is 9.18 Å². The summed E-state index contributed by atoms with van der Waals surface area (Å²) in [5.41, 5.74) is 10.6. The predicted molar refractivity (Wildman–Crippen MR) is 165 cm³/mol. The van der Waals surface area contributed by atoms with Crippen molar-refractivity contribution in [1.82, 2.24) is 19.7 Å². The highest BCUT2D eigenvalue weighted by Gasteiger charge is 2.33. The third-order valence-electron chi connectivity index (χ3n) is 8.60. The van der Waals surface area contributed by atoms with Crippen LogP contribution in [0.5, 0.6) is 5.75 Å². The molecule has 1 aromatic heterocycles. The van der Waals surface area contributed by atoms with Gasteiger partial charge in [-0.1, -0.05) is 29.8 Å². The van der Waals surface area contributed by atoms with Crippen molar-refractivity contribution in [1.29, 1.82) is 0 Å². The second-order valence-corrected chi connectivity index (χ2v) is 11.7. The average Bonchev–Trinajstić information content (AvgIpc) is 3.02. The van der Waals surface area contributed by atoms with Gasteiger partial charge in [-0.2, -0.15) is 0 Å². The lowest BCUT2D eigenvalue weighted by atomic mass is 9.88. The Morgan fingerprint density at radius 3 is 2.57 bits per heavy atom. The molecule has 2 fully saturated rings. The number of piperidine rings is 1. The lowest BCUT2D eigenvalue weighted by Crippen LogP contribution is -2.55. The highest BCUT2D eigenvalue weighted by molar-refractivity contribution is 6.30. The molecule has 3 aromatic rings. The minimum Gasteiger partial charge on any atom is -0.493 e. The number of rotatable bonds is 10. The fourth-order valence-electron chi connectivity index (χ4n) is 6.13. The number of nitrogens with two attached hydrogens (primary N) is 1. The van der Waals surface area contributed by atoms with Gasteiger partial charge < -0.3 is 20.3 Å². The monoisotopic (exact) mass is 593 g/mol. The second-order valence-electron chi connectivity index (χ2n) is 11.2. The average molecular weight is 594 g/mol. The minimum atomic E-state index is -0.486. The van der Waals surface area contributed by atoms with Crippen molar-refractivity contribution >= 4 is 17.5 Å². The number of ether oxygens (including phenoxy) is 1. The van der Waals surface area contributed by atoms with Gasteiger partial charge in [-0.15, -0.1) is 0 Å². The molecule has 0 saturated carbocycles. The van der Waals surface area contributed by atoms with E-state index in [-0.39, 0.29) is 17.6 Å². The van der Waals surface area contributed by atoms with Crippen LogP contribution in [0, 0.1) is 11.7 Å². The van der Waals surface area contributed by atoms with Crippen LogP contribution in [0.3, 0.4) is 0 Å². The number of hydrogen-bond donors (Lipinski definition) is 1. The third kappa shape index (κ3) is 7.48. The molecule has 0 spiro atoms. The van der Waals surface area contributed by atoms with E-state index in [2.05, 4.69) is 33.0 Å². The van der Waals surface area contributed by atoms with Crippen LogP contribution in [0.1, 0.15) is 30.9 Å². The summed E-state index contributed by atoms with van der Waals surface area (Å²) >= 11 is 6.34. The first-order valence-electron chi connectivity index (χ1n) is 15.0. The molecule has 2 N–H and O–H groups in total. The number of nitrogens with zero attached hydrogens (tertiary/aromatic N) is 4. The van der Waals surface area contributed by atoms with Crippen LogP contribution in [0.15, 0.2) is 60.9 Å². The van der Waals surface area contributed by atoms with Crippen LogP contribution in [0.4, 0.5) is 4.39 Å². The van der Waals surface area contributed by atoms with Crippen molar-refractivity contribution in [2.24, 2.45) is 11.7 Å². The number of likely N-dealkylation sites (tertiary alicyclic amines) is 1. The van der Waals surface area contributed by atoms with Gasteiger partial charge in [0, 0.05) is 67.8 Å². The van der Waals surface area contributed by atoms with Gasteiger partial charge >= 0.3 is 0 Å². The Bertz CT molecular complexity index is 1330. The van der Waals surface area contributed by atoms with E-state index in [0.717, 1.165) is 49.5 Å². The summed E-state index contributed by atoms with van der Waals surface area (Å²) in [5.74, 6) is 0.547. The molecule has 1 amide bonds. The Morgan fingerprint density at radius 1 is 1.07 bits per heavy atom. The van der Waals surface area contributed by atoms with Gasteiger partial charge in [0.2, 0.25) is 5.91 Å². The smallest absolute Gasteiger partial charge is 0.239 e. The zero-order valence-electron chi connectivity index (χ0n) is 24.4. The second kappa shape index (κ2) is 14.4. The molecule has 1 atom stereocenters. The number of amides is 1. The number of halogens is 2. The van der Waals surface area contributed by atoms with Crippen molar-refractivity contribution in [2.45, 2.75) is 38.8 Å². The minimum absolute atomic E-state index is 0.0361. The molecule has 224 valence electrons. The fourth-order valence-corrected chi connectivity index (χ4v) is 6.33. The normalized spacial score (nSPS) is 17.8. The van der Waals surface area contributed by atoms with Gasteiger partial charge in [0.05, 0.1) is 12.6 Å². The van der Waals surface area contributed by atoms with Crippen molar-refractivity contribution in [2.75, 3.05) is 52.4 Å². The number of aromatic nitrogens is 1. The third-order valence-corrected chi connectivity index (χ3v) is 8.84. The van der Waals surface area contributed by atoms with E-state index in [0.29, 0.717) is 50.6 Å². The summed E-state index contributed by atoms with van der Waals surface area (Å²) in [5, 5.41) is 0.740. The maximum atomic E-state index is 14.5. The molecular weight excluding hydrogens is 553 g/mol. The van der Waals surface area contributed by atoms with E-state index >= 15 is 0 Å². The van der Waals surface area contributed by atoms with E-state index in [4.69, 9.17) is 22.1 Å². The van der Waals surface area contributed by atoms with Crippen molar-refractivity contribution in [3.63, 3.8) is 0 Å². The van der Waals surface area contributed by atoms with Crippen LogP contribution >= 0.6 is 11.6 Å². The molecule has 3 heterocycles. The largest absolute Gasteiger partial charge is 0.493 e. The molecule has 2 aliphatic heterocycles. The molecule has 2 aromatic carbocycles. The molecule has 42 heavy (non-hydrogen) atoms. The summed E-state index contributed by atoms with van der Waals surface area (Å²) in [7, 11) is 0. The number of hydrogen-bond acceptors (Lipinski definition) is 6. The van der Waals surface area contributed by atoms with Gasteiger partial charge in [0.1, 0.15) is 11.6 Å². The fraction of sp³-hybridized carbons (Fsp3) is 0.455. The molecule has 7 nitrogen and oxygen atoms in total. The summed E-state index contributed by atoms with van der Waals surface area (Å²) in [4.78, 5) is 24.1. The Balaban J connectivity index is 1.08. The van der Waals surface area contributed by atoms with Gasteiger partial charge in [-0.05, 0) is 86.7 Å². The van der Waals surface area contributed by atoms with Gasteiger partial charge in [-0.25, -0.2) is 4.39 Å². The van der Waals surface area contributed by atoms with Gasteiger partial charge in [-0.3, -0.25) is 14.7 Å². The molecular formula is C33H41ClFN5O2. The Kier molecular flexibility index (Phi) is 10.4. The molecule has 5 rings (SSSR count). The summed E-state index contributed by atoms with van der Waals surface area (Å²) in [6.45, 7) is 8.19. The highest BCUT2D eigenvalue weighted by atomic mass is 35.5. The van der Waals surface area contributed by atoms with Crippen LogP contribution in [-0.2, 0) is 17.8 Å². The Morgan fingerprint density at radius 2 is 1.86 bits per heavy atom. The summed E-state index contributed by atoms with van der Waals surface area (Å²) in [6, 6.07) is 14.5. The van der Waals surface area contributed by atoms with E-state index < -0.39 is 6.04 Å². The van der Waals surface area contributed by atoms with Gasteiger partial charge in [0.25, 0.3) is 0 Å². The van der Waals surface area contributed by atoms with E-state index in [1.807, 2.05) is 36.2 Å². The standard InChI is InChI=1S/C33H41ClFN5O2/c1-2-42-31-7-3-6-30(35)29(31)23-39-17-19-40(20-18-39)33(41)32(36)24-10-14-38(15-11-24)16-12-25-21-27(34)8-9-28(25)26-5-4-13-37-22-26/h3-9,13,21-22,24,32H,2,10-12,14-20,23,36H2,1H3/t32-/m1/s1. The van der Waals surface area contributed by atoms with Crippen molar-refractivity contribution in [3.05, 3.63) is 82.9 Å². The summed E-state index contributed by atoms with van der Waals surface area (Å²) in [6.07, 6.45) is 6.38. The topological polar surface area (TPSA) is 74.9 Å². The number of carbonyl (C=O) groups excluding carboxylic acids is 1. The lowest BCUT2D eigenvalue weighted by molar-refractivity contribution is -0.136. The number of carbonyl (C=O) groups is 1. The molecule has 2 aliphatic rings. The molecule has 2 saturated heterocycles. The van der Waals surface area contributed by atoms with E-state index in [1.54, 1.807) is 12.3 Å². The number of pyridine rings is 1. The summed E-state index contributed by atoms with van der Waals surface area (Å²) < 4.78 is 20.1. The molecule has 0 aliphatic carbocycles. The Labute approximate surface area is 253 Å². The quantitative estimate of drug-likeness (QED) is 0.362. The van der Waals surface area contributed by atoms with Gasteiger partial charge in [0.15, 0.2) is 0 Å². The van der Waals surface area contributed by atoms with E-state index in [1.165, 1.54) is 17.2 Å². The molecule has 9 heteroatoms. The maximum absolute atomic E-state index is 14.5. The first-order valence-corrected chi connectivity index (χ1v) is 15.4. The molecule has 0 bridgehead atoms. The highest BCUT2D eigenvalue weighted by Crippen LogP contribution is 2.28. The first kappa shape index (κ1) is 30.4. The first-order chi connectivity index (χ1) is 20.4. The lowest BCUT2D eigenvalue weighted by Gasteiger charge is -2.39. The molecule has 0 radical (unpaired) electrons. The van der Waals surface area contributed by atoms with Crippen LogP contribution in [0.2, 0.25) is 5.02 Å². The van der Waals surface area contributed by atoms with Crippen LogP contribution in [-0.4, -0.2) is 84.1 Å². The van der Waals surface area contributed by atoms with Crippen LogP contribution in [0.25, 0.3) is 11.1 Å². The number of benzene rings is 2. The zero-order valence-corrected chi connectivity index (χ0v) is 25.1. The zero-order chi connectivity index (χ0) is 29.5. The molecule has 0 unspecified atom stereocenters. The van der Waals surface area contributed by atoms with Crippen molar-refractivity contribution < 1.29 is 13.9 Å². The maximum Gasteiger partial charge on any atom is 0.239 e. The van der Waals surface area contributed by atoms with Crippen LogP contribution < -0.4 is 10.5 Å². The predicted octanol–water partition coefficient (Wildman–Crippen LogP) is 4.87. The Hall–Kier alpha value is -3.04. The SMILES string of the molecule is CCOc1cccc(F)c1CN1CCN(C(=O)[C@H](N)C2CCN(CCc3cc(Cl)ccc3-c3cccnc3)CC2)CC1. The van der Waals surface area contributed by atoms with Crippen molar-refractivity contribution in [3.8, 4) is 16.9 Å². The number of piperazine rings is 1.